The topological polar surface area (TPSA) is 63.1 Å². The van der Waals surface area contributed by atoms with Gasteiger partial charge in [0.25, 0.3) is 5.91 Å². The Kier molecular flexibility index (Phi) is 5.33. The lowest BCUT2D eigenvalue weighted by molar-refractivity contribution is 0.102. The third kappa shape index (κ3) is 3.88. The minimum absolute atomic E-state index is 0.171. The van der Waals surface area contributed by atoms with E-state index in [9.17, 15) is 4.79 Å². The van der Waals surface area contributed by atoms with E-state index in [1.165, 1.54) is 11.3 Å². The number of piperidine rings is 1. The first-order valence-corrected chi connectivity index (χ1v) is 11.7. The summed E-state index contributed by atoms with van der Waals surface area (Å²) in [6, 6.07) is 12.5. The Balaban J connectivity index is 1.29. The van der Waals surface area contributed by atoms with Gasteiger partial charge in [-0.25, -0.2) is 9.97 Å². The van der Waals surface area contributed by atoms with Gasteiger partial charge in [0.2, 0.25) is 0 Å². The van der Waals surface area contributed by atoms with Crippen LogP contribution in [0.1, 0.15) is 29.4 Å². The summed E-state index contributed by atoms with van der Waals surface area (Å²) >= 11 is 3.13. The molecule has 1 saturated heterocycles. The second kappa shape index (κ2) is 8.41. The molecule has 4 aromatic rings. The van der Waals surface area contributed by atoms with Crippen molar-refractivity contribution in [3.8, 4) is 9.88 Å². The molecule has 1 fully saturated rings. The summed E-state index contributed by atoms with van der Waals surface area (Å²) in [5.74, 6) is -0.171. The zero-order valence-corrected chi connectivity index (χ0v) is 17.9. The first-order valence-electron chi connectivity index (χ1n) is 9.90. The van der Waals surface area contributed by atoms with Crippen LogP contribution in [0.15, 0.2) is 65.9 Å². The third-order valence-electron chi connectivity index (χ3n) is 5.37. The number of thiazole rings is 1. The first-order chi connectivity index (χ1) is 14.8. The van der Waals surface area contributed by atoms with E-state index in [1.54, 1.807) is 11.3 Å². The van der Waals surface area contributed by atoms with Gasteiger partial charge in [0.1, 0.15) is 10.7 Å². The largest absolute Gasteiger partial charge is 0.370 e. The van der Waals surface area contributed by atoms with Crippen molar-refractivity contribution >= 4 is 40.0 Å². The van der Waals surface area contributed by atoms with Crippen LogP contribution < -0.4 is 10.2 Å². The van der Waals surface area contributed by atoms with Gasteiger partial charge in [0.05, 0.1) is 22.6 Å². The maximum absolute atomic E-state index is 12.8. The molecule has 3 aromatic heterocycles. The highest BCUT2D eigenvalue weighted by atomic mass is 32.1. The second-order valence-corrected chi connectivity index (χ2v) is 9.02. The molecular weight excluding hydrogens is 414 g/mol. The lowest BCUT2D eigenvalue weighted by atomic mass is 10.0. The Labute approximate surface area is 182 Å². The van der Waals surface area contributed by atoms with Gasteiger partial charge in [-0.1, -0.05) is 18.2 Å². The molecule has 30 heavy (non-hydrogen) atoms. The van der Waals surface area contributed by atoms with E-state index in [0.717, 1.165) is 47.2 Å². The molecule has 1 aliphatic rings. The average Bonchev–Trinajstić information content (AvgIpc) is 3.57. The van der Waals surface area contributed by atoms with Crippen LogP contribution in [-0.2, 0) is 0 Å². The van der Waals surface area contributed by atoms with Gasteiger partial charge in [-0.05, 0) is 36.4 Å². The van der Waals surface area contributed by atoms with Crippen molar-refractivity contribution in [1.82, 2.24) is 14.5 Å². The summed E-state index contributed by atoms with van der Waals surface area (Å²) in [6.07, 6.45) is 7.86. The Morgan fingerprint density at radius 2 is 1.97 bits per heavy atom. The number of nitrogens with one attached hydrogen (secondary N) is 1. The number of rotatable bonds is 5. The van der Waals surface area contributed by atoms with Crippen LogP contribution in [0, 0.1) is 0 Å². The van der Waals surface area contributed by atoms with Crippen molar-refractivity contribution in [3.63, 3.8) is 0 Å². The molecule has 1 N–H and O–H groups in total. The maximum Gasteiger partial charge on any atom is 0.275 e. The summed E-state index contributed by atoms with van der Waals surface area (Å²) in [5.41, 5.74) is 2.34. The molecule has 0 aliphatic carbocycles. The predicted molar refractivity (Wildman–Crippen MR) is 123 cm³/mol. The van der Waals surface area contributed by atoms with Crippen molar-refractivity contribution in [2.24, 2.45) is 0 Å². The summed E-state index contributed by atoms with van der Waals surface area (Å²) in [5, 5.41) is 7.79. The molecule has 0 bridgehead atoms. The van der Waals surface area contributed by atoms with E-state index >= 15 is 0 Å². The van der Waals surface area contributed by atoms with E-state index < -0.39 is 0 Å². The quantitative estimate of drug-likeness (QED) is 0.470. The molecule has 5 rings (SSSR count). The molecular formula is C22H21N5OS2. The average molecular weight is 436 g/mol. The van der Waals surface area contributed by atoms with E-state index in [1.807, 2.05) is 59.8 Å². The number of hydrogen-bond donors (Lipinski definition) is 1. The molecule has 0 unspecified atom stereocenters. The number of thiophene rings is 1. The zero-order chi connectivity index (χ0) is 20.3. The Hall–Kier alpha value is -2.97. The predicted octanol–water partition coefficient (Wildman–Crippen LogP) is 5.16. The van der Waals surface area contributed by atoms with Gasteiger partial charge in [-0.3, -0.25) is 4.79 Å². The van der Waals surface area contributed by atoms with E-state index in [2.05, 4.69) is 30.8 Å². The normalized spacial score (nSPS) is 14.7. The Morgan fingerprint density at radius 3 is 2.73 bits per heavy atom. The summed E-state index contributed by atoms with van der Waals surface area (Å²) in [6.45, 7) is 1.88. The monoisotopic (exact) mass is 435 g/mol. The molecule has 152 valence electrons. The number of aromatic nitrogens is 3. The molecule has 1 aliphatic heterocycles. The number of hydrogen-bond acceptors (Lipinski definition) is 6. The van der Waals surface area contributed by atoms with Crippen molar-refractivity contribution < 1.29 is 4.79 Å². The minimum atomic E-state index is -0.171. The fourth-order valence-electron chi connectivity index (χ4n) is 3.82. The number of benzene rings is 1. The summed E-state index contributed by atoms with van der Waals surface area (Å²) in [7, 11) is 0. The molecule has 0 spiro atoms. The van der Waals surface area contributed by atoms with Crippen LogP contribution >= 0.6 is 22.7 Å². The number of anilines is 2. The van der Waals surface area contributed by atoms with E-state index in [0.29, 0.717) is 11.7 Å². The minimum Gasteiger partial charge on any atom is -0.370 e. The number of amides is 1. The SMILES string of the molecule is O=C(Nc1ccccc1N1CCC(n2ccnc2)CC1)c1csc(-c2cccs2)n1. The fraction of sp³-hybridized carbons (Fsp3) is 0.227. The number of carbonyl (C=O) groups is 1. The highest BCUT2D eigenvalue weighted by Gasteiger charge is 2.23. The number of carbonyl (C=O) groups excluding carboxylic acids is 1. The second-order valence-electron chi connectivity index (χ2n) is 7.21. The first kappa shape index (κ1) is 19.0. The van der Waals surface area contributed by atoms with Crippen LogP contribution in [0.2, 0.25) is 0 Å². The zero-order valence-electron chi connectivity index (χ0n) is 16.3. The van der Waals surface area contributed by atoms with Crippen molar-refractivity contribution in [2.45, 2.75) is 18.9 Å². The standard InChI is InChI=1S/C22H21N5OS2/c28-21(18-14-30-22(25-18)20-6-3-13-29-20)24-17-4-1-2-5-19(17)26-10-7-16(8-11-26)27-12-9-23-15-27/h1-6,9,12-16H,7-8,10-11H2,(H,24,28). The van der Waals surface area contributed by atoms with Crippen LogP contribution in [0.5, 0.6) is 0 Å². The molecule has 1 aromatic carbocycles. The molecule has 0 saturated carbocycles. The van der Waals surface area contributed by atoms with Crippen LogP contribution in [0.4, 0.5) is 11.4 Å². The smallest absolute Gasteiger partial charge is 0.275 e. The third-order valence-corrected chi connectivity index (χ3v) is 7.25. The number of nitrogens with zero attached hydrogens (tertiary/aromatic N) is 4. The molecule has 6 nitrogen and oxygen atoms in total. The van der Waals surface area contributed by atoms with Gasteiger partial charge < -0.3 is 14.8 Å². The van der Waals surface area contributed by atoms with E-state index in [-0.39, 0.29) is 5.91 Å². The van der Waals surface area contributed by atoms with Gasteiger partial charge in [0.15, 0.2) is 0 Å². The van der Waals surface area contributed by atoms with Gasteiger partial charge in [-0.15, -0.1) is 22.7 Å². The fourth-order valence-corrected chi connectivity index (χ4v) is 5.44. The molecule has 1 amide bonds. The van der Waals surface area contributed by atoms with Crippen molar-refractivity contribution in [2.75, 3.05) is 23.3 Å². The van der Waals surface area contributed by atoms with E-state index in [4.69, 9.17) is 0 Å². The summed E-state index contributed by atoms with van der Waals surface area (Å²) < 4.78 is 2.19. The van der Waals surface area contributed by atoms with Crippen LogP contribution in [0.3, 0.4) is 0 Å². The lowest BCUT2D eigenvalue weighted by Gasteiger charge is -2.35. The molecule has 8 heteroatoms. The molecule has 0 radical (unpaired) electrons. The summed E-state index contributed by atoms with van der Waals surface area (Å²) in [4.78, 5) is 25.0. The van der Waals surface area contributed by atoms with Gasteiger partial charge >= 0.3 is 0 Å². The Bertz CT molecular complexity index is 1110. The Morgan fingerprint density at radius 1 is 1.10 bits per heavy atom. The highest BCUT2D eigenvalue weighted by Crippen LogP contribution is 2.32. The van der Waals surface area contributed by atoms with Gasteiger partial charge in [-0.2, -0.15) is 0 Å². The van der Waals surface area contributed by atoms with Crippen molar-refractivity contribution in [3.05, 3.63) is 71.6 Å². The molecule has 4 heterocycles. The van der Waals surface area contributed by atoms with Crippen molar-refractivity contribution in [1.29, 1.82) is 0 Å². The lowest BCUT2D eigenvalue weighted by Crippen LogP contribution is -2.35. The van der Waals surface area contributed by atoms with Crippen LogP contribution in [-0.4, -0.2) is 33.5 Å². The van der Waals surface area contributed by atoms with Crippen LogP contribution in [0.25, 0.3) is 9.88 Å². The molecule has 0 atom stereocenters. The van der Waals surface area contributed by atoms with Gasteiger partial charge in [0, 0.05) is 36.9 Å². The number of para-hydroxylation sites is 2. The highest BCUT2D eigenvalue weighted by molar-refractivity contribution is 7.20. The number of imidazole rings is 1. The maximum atomic E-state index is 12.8.